The second kappa shape index (κ2) is 9.18. The molecule has 5 fully saturated rings. The van der Waals surface area contributed by atoms with Gasteiger partial charge in [0, 0.05) is 54.5 Å². The largest absolute Gasteiger partial charge is 0.376 e. The number of amides is 2. The molecular formula is C29H36N4O2S. The van der Waals surface area contributed by atoms with Crippen LogP contribution in [0.15, 0.2) is 41.9 Å². The number of urea groups is 1. The maximum absolute atomic E-state index is 13.8. The van der Waals surface area contributed by atoms with Gasteiger partial charge in [-0.3, -0.25) is 4.40 Å². The van der Waals surface area contributed by atoms with Crippen LogP contribution in [0.25, 0.3) is 16.2 Å². The van der Waals surface area contributed by atoms with Gasteiger partial charge in [0.15, 0.2) is 4.96 Å². The molecule has 3 heterocycles. The number of hydrogen-bond acceptors (Lipinski definition) is 4. The van der Waals surface area contributed by atoms with E-state index < -0.39 is 0 Å². The lowest BCUT2D eigenvalue weighted by Gasteiger charge is -2.57. The lowest BCUT2D eigenvalue weighted by molar-refractivity contribution is -0.0166. The molecule has 5 aliphatic rings. The van der Waals surface area contributed by atoms with Crippen molar-refractivity contribution < 1.29 is 9.53 Å². The number of hydrogen-bond donors (Lipinski definition) is 1. The zero-order valence-corrected chi connectivity index (χ0v) is 21.7. The molecule has 4 aliphatic carbocycles. The van der Waals surface area contributed by atoms with Gasteiger partial charge in [0.05, 0.1) is 11.8 Å². The van der Waals surface area contributed by atoms with E-state index in [9.17, 15) is 4.79 Å². The number of benzene rings is 1. The number of imidazole rings is 1. The molecule has 4 saturated carbocycles. The fourth-order valence-electron chi connectivity index (χ4n) is 7.89. The number of fused-ring (bicyclic) bond motifs is 1. The molecule has 1 aromatic carbocycles. The van der Waals surface area contributed by atoms with Crippen LogP contribution in [0, 0.1) is 17.8 Å². The molecule has 1 unspecified atom stereocenters. The smallest absolute Gasteiger partial charge is 0.317 e. The number of nitrogens with one attached hydrogen (secondary N) is 1. The number of rotatable bonds is 7. The van der Waals surface area contributed by atoms with Gasteiger partial charge in [0.2, 0.25) is 0 Å². The van der Waals surface area contributed by atoms with Crippen LogP contribution in [0.5, 0.6) is 0 Å². The summed E-state index contributed by atoms with van der Waals surface area (Å²) in [6, 6.07) is 10.5. The first-order valence-electron chi connectivity index (χ1n) is 13.8. The Labute approximate surface area is 217 Å². The summed E-state index contributed by atoms with van der Waals surface area (Å²) in [4.78, 5) is 21.7. The fraction of sp³-hybridized carbons (Fsp3) is 0.586. The Morgan fingerprint density at radius 1 is 1.14 bits per heavy atom. The molecule has 0 spiro atoms. The molecule has 1 atom stereocenters. The highest BCUT2D eigenvalue weighted by atomic mass is 32.1. The van der Waals surface area contributed by atoms with Gasteiger partial charge < -0.3 is 15.0 Å². The van der Waals surface area contributed by atoms with Crippen LogP contribution in [-0.2, 0) is 11.2 Å². The fourth-order valence-corrected chi connectivity index (χ4v) is 8.79. The highest BCUT2D eigenvalue weighted by molar-refractivity contribution is 7.15. The maximum atomic E-state index is 13.8. The first-order chi connectivity index (χ1) is 17.6. The Morgan fingerprint density at radius 3 is 2.58 bits per heavy atom. The highest BCUT2D eigenvalue weighted by Crippen LogP contribution is 2.55. The van der Waals surface area contributed by atoms with E-state index >= 15 is 0 Å². The molecular weight excluding hydrogens is 468 g/mol. The van der Waals surface area contributed by atoms with Crippen molar-refractivity contribution in [3.05, 3.63) is 47.6 Å². The van der Waals surface area contributed by atoms with Gasteiger partial charge in [-0.05, 0) is 69.1 Å². The van der Waals surface area contributed by atoms with Crippen molar-refractivity contribution in [1.82, 2.24) is 19.6 Å². The monoisotopic (exact) mass is 504 g/mol. The van der Waals surface area contributed by atoms with Gasteiger partial charge in [0.25, 0.3) is 0 Å². The normalized spacial score (nSPS) is 30.8. The third-order valence-corrected chi connectivity index (χ3v) is 10.0. The first kappa shape index (κ1) is 22.8. The van der Waals surface area contributed by atoms with Gasteiger partial charge >= 0.3 is 6.03 Å². The standard InChI is InChI=1S/C29H36N4O2S/c34-27(31-29-14-20-11-21(15-29)13-22(12-20)16-29)32(17-25-7-4-10-35-25)9-8-24-19-36-28-30-26(18-33(24)28)23-5-2-1-3-6-23/h1-3,5-6,18-22,25H,4,7-17H2,(H,31,34). The van der Waals surface area contributed by atoms with Gasteiger partial charge in [-0.25, -0.2) is 9.78 Å². The molecule has 8 rings (SSSR count). The van der Waals surface area contributed by atoms with Gasteiger partial charge in [-0.15, -0.1) is 11.3 Å². The minimum atomic E-state index is 0.0329. The minimum Gasteiger partial charge on any atom is -0.376 e. The molecule has 4 bridgehead atoms. The van der Waals surface area contributed by atoms with Crippen molar-refractivity contribution in [2.24, 2.45) is 17.8 Å². The summed E-state index contributed by atoms with van der Waals surface area (Å²) in [5, 5.41) is 5.80. The number of thiazole rings is 1. The quantitative estimate of drug-likeness (QED) is 0.445. The summed E-state index contributed by atoms with van der Waals surface area (Å²) in [7, 11) is 0. The molecule has 36 heavy (non-hydrogen) atoms. The van der Waals surface area contributed by atoms with Crippen molar-refractivity contribution in [1.29, 1.82) is 0 Å². The molecule has 6 nitrogen and oxygen atoms in total. The lowest BCUT2D eigenvalue weighted by atomic mass is 9.53. The average Bonchev–Trinajstić information content (AvgIpc) is 3.59. The molecule has 3 aromatic rings. The van der Waals surface area contributed by atoms with E-state index in [2.05, 4.69) is 45.6 Å². The molecule has 190 valence electrons. The maximum Gasteiger partial charge on any atom is 0.317 e. The molecule has 2 aromatic heterocycles. The SMILES string of the molecule is O=C(NC12CC3CC(CC(C3)C1)C2)N(CCc1csc2nc(-c3ccccc3)cn12)CC1CCCO1. The summed E-state index contributed by atoms with van der Waals surface area (Å²) in [5.41, 5.74) is 3.38. The third kappa shape index (κ3) is 4.34. The van der Waals surface area contributed by atoms with Crippen molar-refractivity contribution >= 4 is 22.3 Å². The van der Waals surface area contributed by atoms with Crippen LogP contribution in [0.2, 0.25) is 0 Å². The Balaban J connectivity index is 1.08. The van der Waals surface area contributed by atoms with Crippen LogP contribution < -0.4 is 5.32 Å². The van der Waals surface area contributed by atoms with E-state index in [0.717, 1.165) is 59.8 Å². The van der Waals surface area contributed by atoms with E-state index in [4.69, 9.17) is 9.72 Å². The average molecular weight is 505 g/mol. The second-order valence-corrected chi connectivity index (χ2v) is 12.7. The van der Waals surface area contributed by atoms with Crippen LogP contribution >= 0.6 is 11.3 Å². The summed E-state index contributed by atoms with van der Waals surface area (Å²) in [6.07, 6.45) is 13.0. The topological polar surface area (TPSA) is 58.9 Å². The van der Waals surface area contributed by atoms with Crippen molar-refractivity contribution in [2.75, 3.05) is 19.7 Å². The summed E-state index contributed by atoms with van der Waals surface area (Å²) >= 11 is 1.67. The Hall–Kier alpha value is -2.38. The van der Waals surface area contributed by atoms with E-state index in [1.165, 1.54) is 44.2 Å². The summed E-state index contributed by atoms with van der Waals surface area (Å²) < 4.78 is 8.15. The second-order valence-electron chi connectivity index (χ2n) is 11.8. The van der Waals surface area contributed by atoms with Crippen LogP contribution in [-0.4, -0.2) is 51.7 Å². The molecule has 2 amide bonds. The summed E-state index contributed by atoms with van der Waals surface area (Å²) in [6.45, 7) is 2.20. The number of aromatic nitrogens is 2. The number of nitrogens with zero attached hydrogens (tertiary/aromatic N) is 3. The van der Waals surface area contributed by atoms with Crippen LogP contribution in [0.3, 0.4) is 0 Å². The Kier molecular flexibility index (Phi) is 5.81. The predicted octanol–water partition coefficient (Wildman–Crippen LogP) is 5.76. The van der Waals surface area contributed by atoms with E-state index in [0.29, 0.717) is 13.1 Å². The van der Waals surface area contributed by atoms with Gasteiger partial charge in [-0.1, -0.05) is 30.3 Å². The van der Waals surface area contributed by atoms with Gasteiger partial charge in [-0.2, -0.15) is 0 Å². The Bertz CT molecular complexity index is 1190. The molecule has 1 aliphatic heterocycles. The molecule has 7 heteroatoms. The van der Waals surface area contributed by atoms with Crippen LogP contribution in [0.4, 0.5) is 4.79 Å². The predicted molar refractivity (Wildman–Crippen MR) is 142 cm³/mol. The van der Waals surface area contributed by atoms with Crippen molar-refractivity contribution in [2.45, 2.75) is 69.4 Å². The number of carbonyl (C=O) groups excluding carboxylic acids is 1. The zero-order chi connectivity index (χ0) is 24.1. The van der Waals surface area contributed by atoms with Gasteiger partial charge in [0.1, 0.15) is 0 Å². The zero-order valence-electron chi connectivity index (χ0n) is 20.9. The highest BCUT2D eigenvalue weighted by Gasteiger charge is 2.51. The van der Waals surface area contributed by atoms with E-state index in [-0.39, 0.29) is 17.7 Å². The molecule has 1 saturated heterocycles. The third-order valence-electron chi connectivity index (χ3n) is 9.14. The molecule has 1 N–H and O–H groups in total. The van der Waals surface area contributed by atoms with Crippen molar-refractivity contribution in [3.8, 4) is 11.3 Å². The molecule has 0 radical (unpaired) electrons. The Morgan fingerprint density at radius 2 is 1.89 bits per heavy atom. The number of carbonyl (C=O) groups is 1. The lowest BCUT2D eigenvalue weighted by Crippen LogP contribution is -2.62. The minimum absolute atomic E-state index is 0.0329. The van der Waals surface area contributed by atoms with E-state index in [1.54, 1.807) is 11.3 Å². The van der Waals surface area contributed by atoms with Crippen LogP contribution in [0.1, 0.15) is 57.1 Å². The first-order valence-corrected chi connectivity index (χ1v) is 14.7. The summed E-state index contributed by atoms with van der Waals surface area (Å²) in [5.74, 6) is 2.46. The number of ether oxygens (including phenoxy) is 1. The van der Waals surface area contributed by atoms with Crippen molar-refractivity contribution in [3.63, 3.8) is 0 Å². The van der Waals surface area contributed by atoms with E-state index in [1.807, 2.05) is 11.0 Å².